The van der Waals surface area contributed by atoms with E-state index in [1.165, 1.54) is 31.3 Å². The van der Waals surface area contributed by atoms with Crippen LogP contribution >= 0.6 is 11.6 Å². The summed E-state index contributed by atoms with van der Waals surface area (Å²) in [6, 6.07) is 5.86. The van der Waals surface area contributed by atoms with Crippen molar-refractivity contribution >= 4 is 17.4 Å². The monoisotopic (exact) mass is 505 g/mol. The number of nitrogens with zero attached hydrogens (tertiary/aromatic N) is 5. The first kappa shape index (κ1) is 23.6. The minimum atomic E-state index is -4.74. The maximum Gasteiger partial charge on any atom is 0.417 e. The molecule has 1 aliphatic heterocycles. The molecule has 0 amide bonds. The fraction of sp³-hybridized carbons (Fsp3) is 0.375. The van der Waals surface area contributed by atoms with Crippen molar-refractivity contribution in [1.29, 1.82) is 5.26 Å². The van der Waals surface area contributed by atoms with Crippen molar-refractivity contribution in [2.45, 2.75) is 44.4 Å². The molecule has 1 N–H and O–H groups in total. The van der Waals surface area contributed by atoms with Crippen LogP contribution in [0.5, 0.6) is 0 Å². The number of hydrogen-bond acceptors (Lipinski definition) is 5. The third kappa shape index (κ3) is 3.65. The number of imidazole rings is 1. The molecule has 0 bridgehead atoms. The summed E-state index contributed by atoms with van der Waals surface area (Å²) in [7, 11) is 0. The number of anilines is 1. The zero-order valence-electron chi connectivity index (χ0n) is 18.5. The van der Waals surface area contributed by atoms with E-state index in [-0.39, 0.29) is 29.2 Å². The molecule has 0 radical (unpaired) electrons. The Kier molecular flexibility index (Phi) is 5.53. The standard InChI is InChI=1S/C24H20ClF4N5O/c1-13-8-16(24(27,28)29)15(11-30)21(32-13)34-19(10-23(12-35)5-4-20(23)34)22-31-6-7-33(22)14-2-3-18(26)17(25)9-14/h2-3,6-9,19-20,35H,4-5,10,12H2,1H3/t19-,20+,23+/m0/s1. The van der Waals surface area contributed by atoms with Gasteiger partial charge in [-0.15, -0.1) is 0 Å². The summed E-state index contributed by atoms with van der Waals surface area (Å²) in [6.45, 7) is 1.29. The van der Waals surface area contributed by atoms with Crippen molar-refractivity contribution in [1.82, 2.24) is 14.5 Å². The molecule has 3 atom stereocenters. The van der Waals surface area contributed by atoms with Crippen molar-refractivity contribution in [2.75, 3.05) is 11.5 Å². The van der Waals surface area contributed by atoms with Crippen molar-refractivity contribution in [3.8, 4) is 11.8 Å². The van der Waals surface area contributed by atoms with Crippen LogP contribution in [-0.4, -0.2) is 32.3 Å². The van der Waals surface area contributed by atoms with Gasteiger partial charge in [0, 0.05) is 35.2 Å². The van der Waals surface area contributed by atoms with Gasteiger partial charge in [-0.05, 0) is 50.5 Å². The quantitative estimate of drug-likeness (QED) is 0.484. The number of aromatic nitrogens is 3. The number of hydrogen-bond donors (Lipinski definition) is 1. The van der Waals surface area contributed by atoms with Crippen LogP contribution in [0.15, 0.2) is 36.7 Å². The highest BCUT2D eigenvalue weighted by Crippen LogP contribution is 2.59. The molecule has 1 saturated carbocycles. The van der Waals surface area contributed by atoms with E-state index in [0.29, 0.717) is 30.8 Å². The number of nitriles is 1. The smallest absolute Gasteiger partial charge is 0.396 e. The van der Waals surface area contributed by atoms with E-state index in [1.807, 2.05) is 0 Å². The highest BCUT2D eigenvalue weighted by Gasteiger charge is 2.59. The summed E-state index contributed by atoms with van der Waals surface area (Å²) in [5.41, 5.74) is -1.51. The minimum absolute atomic E-state index is 0.0726. The molecule has 2 fully saturated rings. The highest BCUT2D eigenvalue weighted by molar-refractivity contribution is 6.30. The number of aryl methyl sites for hydroxylation is 1. The average Bonchev–Trinajstić information content (AvgIpc) is 3.35. The van der Waals surface area contributed by atoms with E-state index in [9.17, 15) is 27.9 Å². The van der Waals surface area contributed by atoms with Crippen LogP contribution in [0, 0.1) is 29.5 Å². The first-order chi connectivity index (χ1) is 16.6. The van der Waals surface area contributed by atoms with Crippen LogP contribution < -0.4 is 4.90 Å². The fourth-order valence-electron chi connectivity index (χ4n) is 5.41. The third-order valence-electron chi connectivity index (χ3n) is 7.15. The van der Waals surface area contributed by atoms with Crippen LogP contribution in [0.1, 0.15) is 47.9 Å². The molecule has 3 aromatic rings. The number of alkyl halides is 3. The number of aliphatic hydroxyl groups is 1. The van der Waals surface area contributed by atoms with Gasteiger partial charge in [-0.2, -0.15) is 18.4 Å². The van der Waals surface area contributed by atoms with Gasteiger partial charge in [0.25, 0.3) is 0 Å². The second-order valence-corrected chi connectivity index (χ2v) is 9.48. The van der Waals surface area contributed by atoms with Gasteiger partial charge in [0.05, 0.1) is 23.2 Å². The molecule has 5 rings (SSSR count). The molecule has 35 heavy (non-hydrogen) atoms. The maximum atomic E-state index is 13.8. The zero-order chi connectivity index (χ0) is 25.1. The summed E-state index contributed by atoms with van der Waals surface area (Å²) in [6.07, 6.45) is 0.166. The Morgan fingerprint density at radius 1 is 1.31 bits per heavy atom. The Balaban J connectivity index is 1.70. The first-order valence-electron chi connectivity index (χ1n) is 11.0. The van der Waals surface area contributed by atoms with Gasteiger partial charge in [-0.1, -0.05) is 11.6 Å². The lowest BCUT2D eigenvalue weighted by Gasteiger charge is -2.46. The van der Waals surface area contributed by atoms with Crippen LogP contribution in [0.2, 0.25) is 5.02 Å². The fourth-order valence-corrected chi connectivity index (χ4v) is 5.58. The Morgan fingerprint density at radius 3 is 2.69 bits per heavy atom. The molecule has 0 spiro atoms. The normalized spacial score (nSPS) is 23.7. The number of rotatable bonds is 4. The number of benzene rings is 1. The van der Waals surface area contributed by atoms with Gasteiger partial charge in [0.2, 0.25) is 0 Å². The minimum Gasteiger partial charge on any atom is -0.396 e. The van der Waals surface area contributed by atoms with Gasteiger partial charge >= 0.3 is 6.18 Å². The number of fused-ring (bicyclic) bond motifs is 1. The third-order valence-corrected chi connectivity index (χ3v) is 7.44. The summed E-state index contributed by atoms with van der Waals surface area (Å²) in [4.78, 5) is 10.6. The summed E-state index contributed by atoms with van der Waals surface area (Å²) >= 11 is 5.98. The van der Waals surface area contributed by atoms with Crippen LogP contribution in [0.3, 0.4) is 0 Å². The topological polar surface area (TPSA) is 78.0 Å². The van der Waals surface area contributed by atoms with E-state index in [0.717, 1.165) is 6.07 Å². The summed E-state index contributed by atoms with van der Waals surface area (Å²) in [5.74, 6) is -0.189. The lowest BCUT2D eigenvalue weighted by atomic mass is 9.65. The van der Waals surface area contributed by atoms with E-state index in [2.05, 4.69) is 9.97 Å². The highest BCUT2D eigenvalue weighted by atomic mass is 35.5. The van der Waals surface area contributed by atoms with E-state index in [4.69, 9.17) is 11.6 Å². The van der Waals surface area contributed by atoms with Crippen LogP contribution in [-0.2, 0) is 6.18 Å². The Bertz CT molecular complexity index is 1350. The maximum absolute atomic E-state index is 13.8. The molecule has 2 aliphatic rings. The first-order valence-corrected chi connectivity index (χ1v) is 11.3. The zero-order valence-corrected chi connectivity index (χ0v) is 19.3. The van der Waals surface area contributed by atoms with Gasteiger partial charge in [-0.3, -0.25) is 0 Å². The lowest BCUT2D eigenvalue weighted by Crippen LogP contribution is -2.51. The number of halogens is 5. The van der Waals surface area contributed by atoms with Crippen molar-refractivity contribution in [2.24, 2.45) is 5.41 Å². The van der Waals surface area contributed by atoms with E-state index in [1.54, 1.807) is 21.7 Å². The Morgan fingerprint density at radius 2 is 2.09 bits per heavy atom. The van der Waals surface area contributed by atoms with E-state index < -0.39 is 34.6 Å². The molecule has 11 heteroatoms. The summed E-state index contributed by atoms with van der Waals surface area (Å²) < 4.78 is 57.0. The SMILES string of the molecule is Cc1cc(C(F)(F)F)c(C#N)c(N2[C@H](c3nccn3-c3ccc(F)c(Cl)c3)C[C@@]3(CO)CC[C@@H]23)n1. The predicted octanol–water partition coefficient (Wildman–Crippen LogP) is 5.35. The van der Waals surface area contributed by atoms with Gasteiger partial charge in [0.15, 0.2) is 0 Å². The number of aliphatic hydroxyl groups excluding tert-OH is 1. The lowest BCUT2D eigenvalue weighted by molar-refractivity contribution is -0.137. The van der Waals surface area contributed by atoms with Gasteiger partial charge < -0.3 is 14.6 Å². The largest absolute Gasteiger partial charge is 0.417 e. The molecule has 3 heterocycles. The van der Waals surface area contributed by atoms with Gasteiger partial charge in [-0.25, -0.2) is 14.4 Å². The molecule has 2 aromatic heterocycles. The predicted molar refractivity (Wildman–Crippen MR) is 120 cm³/mol. The van der Waals surface area contributed by atoms with Gasteiger partial charge in [0.1, 0.15) is 29.1 Å². The molecule has 1 aliphatic carbocycles. The van der Waals surface area contributed by atoms with Crippen molar-refractivity contribution in [3.05, 3.63) is 70.1 Å². The number of pyridine rings is 1. The van der Waals surface area contributed by atoms with Crippen LogP contribution in [0.4, 0.5) is 23.4 Å². The van der Waals surface area contributed by atoms with Crippen LogP contribution in [0.25, 0.3) is 5.69 Å². The molecular formula is C24H20ClF4N5O. The molecule has 1 saturated heterocycles. The second-order valence-electron chi connectivity index (χ2n) is 9.08. The average molecular weight is 506 g/mol. The molecule has 6 nitrogen and oxygen atoms in total. The Hall–Kier alpha value is -3.16. The summed E-state index contributed by atoms with van der Waals surface area (Å²) in [5, 5.41) is 20.0. The van der Waals surface area contributed by atoms with E-state index >= 15 is 0 Å². The van der Waals surface area contributed by atoms with Crippen molar-refractivity contribution in [3.63, 3.8) is 0 Å². The Labute approximate surface area is 203 Å². The molecule has 182 valence electrons. The molecule has 0 unspecified atom stereocenters. The molecule has 1 aromatic carbocycles. The molecular weight excluding hydrogens is 486 g/mol. The van der Waals surface area contributed by atoms with Crippen molar-refractivity contribution < 1.29 is 22.7 Å². The second kappa shape index (κ2) is 8.21.